The first kappa shape index (κ1) is 15.8. The van der Waals surface area contributed by atoms with Crippen molar-refractivity contribution >= 4 is 17.5 Å². The first-order valence-corrected chi connectivity index (χ1v) is 6.73. The third kappa shape index (κ3) is 4.73. The standard InChI is InChI=1S/C14H20ClNO3/c1-3-14(4-2,10-17)16-13(18)9-19-12-7-5-6-11(15)8-12/h5-8,17H,3-4,9-10H2,1-2H3,(H,16,18). The summed E-state index contributed by atoms with van der Waals surface area (Å²) in [5.41, 5.74) is -0.561. The Morgan fingerprint density at radius 3 is 2.63 bits per heavy atom. The van der Waals surface area contributed by atoms with E-state index >= 15 is 0 Å². The SMILES string of the molecule is CCC(CC)(CO)NC(=O)COc1cccc(Cl)c1. The van der Waals surface area contributed by atoms with Gasteiger partial charge in [0, 0.05) is 5.02 Å². The van der Waals surface area contributed by atoms with E-state index in [4.69, 9.17) is 16.3 Å². The van der Waals surface area contributed by atoms with Crippen LogP contribution in [0.25, 0.3) is 0 Å². The van der Waals surface area contributed by atoms with Crippen LogP contribution < -0.4 is 10.1 Å². The minimum absolute atomic E-state index is 0.0805. The summed E-state index contributed by atoms with van der Waals surface area (Å²) < 4.78 is 5.35. The molecule has 0 aliphatic heterocycles. The maximum atomic E-state index is 11.8. The Balaban J connectivity index is 2.52. The Hall–Kier alpha value is -1.26. The first-order valence-electron chi connectivity index (χ1n) is 6.35. The number of hydrogen-bond acceptors (Lipinski definition) is 3. The van der Waals surface area contributed by atoms with Crippen LogP contribution in [0, 0.1) is 0 Å². The number of halogens is 1. The molecule has 106 valence electrons. The van der Waals surface area contributed by atoms with Crippen LogP contribution >= 0.6 is 11.6 Å². The van der Waals surface area contributed by atoms with Crippen molar-refractivity contribution in [3.05, 3.63) is 29.3 Å². The summed E-state index contributed by atoms with van der Waals surface area (Å²) >= 11 is 5.82. The second-order valence-corrected chi connectivity index (χ2v) is 4.88. The van der Waals surface area contributed by atoms with Crippen LogP contribution in [0.4, 0.5) is 0 Å². The van der Waals surface area contributed by atoms with Crippen LogP contribution in [-0.2, 0) is 4.79 Å². The Kier molecular flexibility index (Phi) is 6.12. The summed E-state index contributed by atoms with van der Waals surface area (Å²) in [6.07, 6.45) is 1.34. The van der Waals surface area contributed by atoms with Gasteiger partial charge in [-0.05, 0) is 31.0 Å². The number of hydrogen-bond donors (Lipinski definition) is 2. The number of aliphatic hydroxyl groups excluding tert-OH is 1. The van der Waals surface area contributed by atoms with Gasteiger partial charge < -0.3 is 15.2 Å². The van der Waals surface area contributed by atoms with Crippen molar-refractivity contribution in [3.8, 4) is 5.75 Å². The molecule has 0 saturated heterocycles. The number of carbonyl (C=O) groups excluding carboxylic acids is 1. The second-order valence-electron chi connectivity index (χ2n) is 4.44. The summed E-state index contributed by atoms with van der Waals surface area (Å²) in [6.45, 7) is 3.68. The van der Waals surface area contributed by atoms with Gasteiger partial charge in [-0.2, -0.15) is 0 Å². The topological polar surface area (TPSA) is 58.6 Å². The summed E-state index contributed by atoms with van der Waals surface area (Å²) in [6, 6.07) is 6.87. The van der Waals surface area contributed by atoms with E-state index < -0.39 is 5.54 Å². The molecule has 5 heteroatoms. The van der Waals surface area contributed by atoms with Gasteiger partial charge in [0.15, 0.2) is 6.61 Å². The van der Waals surface area contributed by atoms with Crippen LogP contribution in [0.5, 0.6) is 5.75 Å². The van der Waals surface area contributed by atoms with E-state index in [1.54, 1.807) is 24.3 Å². The maximum absolute atomic E-state index is 11.8. The zero-order chi connectivity index (χ0) is 14.3. The molecular formula is C14H20ClNO3. The van der Waals surface area contributed by atoms with Gasteiger partial charge in [-0.3, -0.25) is 4.79 Å². The van der Waals surface area contributed by atoms with Gasteiger partial charge in [-0.25, -0.2) is 0 Å². The minimum atomic E-state index is -0.561. The largest absolute Gasteiger partial charge is 0.484 e. The van der Waals surface area contributed by atoms with E-state index in [0.29, 0.717) is 23.6 Å². The van der Waals surface area contributed by atoms with Gasteiger partial charge in [0.05, 0.1) is 12.1 Å². The highest BCUT2D eigenvalue weighted by Gasteiger charge is 2.27. The van der Waals surface area contributed by atoms with Gasteiger partial charge in [0.2, 0.25) is 0 Å². The van der Waals surface area contributed by atoms with Crippen molar-refractivity contribution in [2.24, 2.45) is 0 Å². The van der Waals surface area contributed by atoms with Crippen molar-refractivity contribution < 1.29 is 14.6 Å². The van der Waals surface area contributed by atoms with Gasteiger partial charge in [0.25, 0.3) is 5.91 Å². The molecule has 1 amide bonds. The predicted molar refractivity (Wildman–Crippen MR) is 75.5 cm³/mol. The van der Waals surface area contributed by atoms with E-state index in [1.807, 2.05) is 13.8 Å². The van der Waals surface area contributed by atoms with Gasteiger partial charge in [-0.1, -0.05) is 31.5 Å². The highest BCUT2D eigenvalue weighted by atomic mass is 35.5. The quantitative estimate of drug-likeness (QED) is 0.809. The third-order valence-electron chi connectivity index (χ3n) is 3.23. The molecule has 0 aliphatic rings. The molecule has 0 spiro atoms. The molecule has 2 N–H and O–H groups in total. The Morgan fingerprint density at radius 2 is 2.11 bits per heavy atom. The van der Waals surface area contributed by atoms with Crippen molar-refractivity contribution in [1.82, 2.24) is 5.32 Å². The molecular weight excluding hydrogens is 266 g/mol. The molecule has 19 heavy (non-hydrogen) atoms. The molecule has 1 aromatic rings. The van der Waals surface area contributed by atoms with Crippen LogP contribution in [0.1, 0.15) is 26.7 Å². The molecule has 0 atom stereocenters. The molecule has 4 nitrogen and oxygen atoms in total. The number of ether oxygens (including phenoxy) is 1. The normalized spacial score (nSPS) is 11.2. The third-order valence-corrected chi connectivity index (χ3v) is 3.46. The lowest BCUT2D eigenvalue weighted by molar-refractivity contribution is -0.125. The molecule has 1 rings (SSSR count). The zero-order valence-electron chi connectivity index (χ0n) is 11.3. The lowest BCUT2D eigenvalue weighted by Gasteiger charge is -2.30. The summed E-state index contributed by atoms with van der Waals surface area (Å²) in [7, 11) is 0. The van der Waals surface area contributed by atoms with Crippen LogP contribution in [0.2, 0.25) is 5.02 Å². The number of rotatable bonds is 7. The van der Waals surface area contributed by atoms with Crippen molar-refractivity contribution in [1.29, 1.82) is 0 Å². The number of amides is 1. The van der Waals surface area contributed by atoms with E-state index in [-0.39, 0.29) is 19.1 Å². The van der Waals surface area contributed by atoms with Gasteiger partial charge in [-0.15, -0.1) is 0 Å². The molecule has 1 aromatic carbocycles. The van der Waals surface area contributed by atoms with Crippen molar-refractivity contribution in [3.63, 3.8) is 0 Å². The van der Waals surface area contributed by atoms with E-state index in [2.05, 4.69) is 5.32 Å². The van der Waals surface area contributed by atoms with E-state index in [1.165, 1.54) is 0 Å². The average Bonchev–Trinajstić information content (AvgIpc) is 2.43. The van der Waals surface area contributed by atoms with E-state index in [9.17, 15) is 9.90 Å². The average molecular weight is 286 g/mol. The highest BCUT2D eigenvalue weighted by molar-refractivity contribution is 6.30. The fourth-order valence-corrected chi connectivity index (χ4v) is 1.91. The monoisotopic (exact) mass is 285 g/mol. The number of benzene rings is 1. The van der Waals surface area contributed by atoms with Gasteiger partial charge in [0.1, 0.15) is 5.75 Å². The van der Waals surface area contributed by atoms with Crippen LogP contribution in [0.15, 0.2) is 24.3 Å². The fourth-order valence-electron chi connectivity index (χ4n) is 1.73. The van der Waals surface area contributed by atoms with Crippen molar-refractivity contribution in [2.45, 2.75) is 32.2 Å². The fraction of sp³-hybridized carbons (Fsp3) is 0.500. The summed E-state index contributed by atoms with van der Waals surface area (Å²) in [5.74, 6) is 0.294. The Morgan fingerprint density at radius 1 is 1.42 bits per heavy atom. The minimum Gasteiger partial charge on any atom is -0.484 e. The molecule has 0 saturated carbocycles. The zero-order valence-corrected chi connectivity index (χ0v) is 12.0. The predicted octanol–water partition coefficient (Wildman–Crippen LogP) is 2.39. The number of nitrogens with one attached hydrogen (secondary N) is 1. The number of carbonyl (C=O) groups is 1. The Bertz CT molecular complexity index is 411. The molecule has 0 heterocycles. The summed E-state index contributed by atoms with van der Waals surface area (Å²) in [4.78, 5) is 11.8. The molecule has 0 fully saturated rings. The van der Waals surface area contributed by atoms with Gasteiger partial charge >= 0.3 is 0 Å². The molecule has 0 radical (unpaired) electrons. The van der Waals surface area contributed by atoms with E-state index in [0.717, 1.165) is 0 Å². The van der Waals surface area contributed by atoms with Crippen LogP contribution in [-0.4, -0.2) is 29.8 Å². The maximum Gasteiger partial charge on any atom is 0.258 e. The number of aliphatic hydroxyl groups is 1. The molecule has 0 bridgehead atoms. The Labute approximate surface area is 118 Å². The lowest BCUT2D eigenvalue weighted by atomic mass is 9.94. The smallest absolute Gasteiger partial charge is 0.258 e. The molecule has 0 aromatic heterocycles. The lowest BCUT2D eigenvalue weighted by Crippen LogP contribution is -2.51. The van der Waals surface area contributed by atoms with Crippen LogP contribution in [0.3, 0.4) is 0 Å². The highest BCUT2D eigenvalue weighted by Crippen LogP contribution is 2.17. The second kappa shape index (κ2) is 7.36. The molecule has 0 unspecified atom stereocenters. The molecule has 0 aliphatic carbocycles. The van der Waals surface area contributed by atoms with Crippen molar-refractivity contribution in [2.75, 3.05) is 13.2 Å². The summed E-state index contributed by atoms with van der Waals surface area (Å²) in [5, 5.41) is 12.8. The first-order chi connectivity index (χ1) is 9.05.